The molecule has 0 aliphatic rings. The van der Waals surface area contributed by atoms with E-state index in [1.54, 1.807) is 11.8 Å². The van der Waals surface area contributed by atoms with Crippen LogP contribution in [0.1, 0.15) is 27.0 Å². The minimum atomic E-state index is -0.912. The maximum Gasteiger partial charge on any atom is 0.274 e. The summed E-state index contributed by atoms with van der Waals surface area (Å²) >= 11 is 3.58. The van der Waals surface area contributed by atoms with Crippen molar-refractivity contribution in [3.05, 3.63) is 79.2 Å². The molecule has 0 aliphatic heterocycles. The number of aryl methyl sites for hydroxylation is 1. The Balaban J connectivity index is 1.76. The van der Waals surface area contributed by atoms with E-state index in [1.807, 2.05) is 11.3 Å². The van der Waals surface area contributed by atoms with Crippen LogP contribution in [0.3, 0.4) is 0 Å². The lowest BCUT2D eigenvalue weighted by molar-refractivity contribution is -0.404. The summed E-state index contributed by atoms with van der Waals surface area (Å²) in [5.41, 5.74) is 1.84. The van der Waals surface area contributed by atoms with E-state index in [0.29, 0.717) is 12.1 Å². The maximum atomic E-state index is 13.0. The minimum absolute atomic E-state index is 0.0641. The van der Waals surface area contributed by atoms with E-state index in [1.165, 1.54) is 39.6 Å². The van der Waals surface area contributed by atoms with E-state index in [0.717, 1.165) is 24.3 Å². The van der Waals surface area contributed by atoms with Crippen molar-refractivity contribution in [3.63, 3.8) is 0 Å². The van der Waals surface area contributed by atoms with Gasteiger partial charge in [-0.15, -0.1) is 11.3 Å². The Bertz CT molecular complexity index is 872. The fraction of sp³-hybridized carbons (Fsp3) is 0.429. The third-order valence-corrected chi connectivity index (χ3v) is 6.73. The molecule has 2 aromatic rings. The van der Waals surface area contributed by atoms with Gasteiger partial charge in [-0.2, -0.15) is 11.8 Å². The summed E-state index contributed by atoms with van der Waals surface area (Å²) in [6.45, 7) is 3.67. The second kappa shape index (κ2) is 12.7. The molecular weight excluding hydrogens is 439 g/mol. The first kappa shape index (κ1) is 25.1. The van der Waals surface area contributed by atoms with E-state index >= 15 is 0 Å². The number of hydrogen-bond acceptors (Lipinski definition) is 8. The fourth-order valence-corrected chi connectivity index (χ4v) is 5.06. The number of thioether (sulfide) groups is 1. The number of hydrogen-bond donors (Lipinski definition) is 3. The van der Waals surface area contributed by atoms with Crippen LogP contribution in [0.15, 0.2) is 42.4 Å². The summed E-state index contributed by atoms with van der Waals surface area (Å²) in [5.74, 6) is 1.51. The second-order valence-electron chi connectivity index (χ2n) is 7.31. The minimum Gasteiger partial charge on any atom is -0.387 e. The topological polar surface area (TPSA) is 90.7 Å². The molecule has 3 N–H and O–H groups in total. The monoisotopic (exact) mass is 468 g/mol. The van der Waals surface area contributed by atoms with Crippen LogP contribution in [-0.2, 0) is 12.3 Å². The summed E-state index contributed by atoms with van der Waals surface area (Å²) in [6.07, 6.45) is -0.0663. The summed E-state index contributed by atoms with van der Waals surface area (Å²) in [7, 11) is 4.12. The van der Waals surface area contributed by atoms with Crippen molar-refractivity contribution >= 4 is 23.1 Å². The predicted octanol–water partition coefficient (Wildman–Crippen LogP) is 3.48. The van der Waals surface area contributed by atoms with Gasteiger partial charge in [-0.1, -0.05) is 12.1 Å². The quantitative estimate of drug-likeness (QED) is 0.236. The van der Waals surface area contributed by atoms with Gasteiger partial charge >= 0.3 is 0 Å². The van der Waals surface area contributed by atoms with Crippen LogP contribution in [0.25, 0.3) is 0 Å². The van der Waals surface area contributed by atoms with Crippen molar-refractivity contribution in [3.8, 4) is 0 Å². The van der Waals surface area contributed by atoms with Crippen molar-refractivity contribution in [2.45, 2.75) is 25.3 Å². The molecule has 2 rings (SSSR count). The van der Waals surface area contributed by atoms with Crippen LogP contribution >= 0.6 is 23.1 Å². The van der Waals surface area contributed by atoms with Crippen LogP contribution in [-0.4, -0.2) is 47.9 Å². The summed E-state index contributed by atoms with van der Waals surface area (Å²) in [6, 6.07) is 7.72. The molecule has 170 valence electrons. The van der Waals surface area contributed by atoms with Gasteiger partial charge in [0, 0.05) is 40.9 Å². The van der Waals surface area contributed by atoms with Gasteiger partial charge < -0.3 is 20.6 Å². The predicted molar refractivity (Wildman–Crippen MR) is 125 cm³/mol. The third-order valence-electron chi connectivity index (χ3n) is 4.31. The summed E-state index contributed by atoms with van der Waals surface area (Å²) < 4.78 is 13.0. The number of aliphatic hydroxyl groups is 1. The molecule has 1 aromatic carbocycles. The van der Waals surface area contributed by atoms with Crippen molar-refractivity contribution in [2.24, 2.45) is 0 Å². The number of nitrogens with one attached hydrogen (secondary N) is 2. The molecule has 10 heteroatoms. The Morgan fingerprint density at radius 3 is 2.71 bits per heavy atom. The van der Waals surface area contributed by atoms with E-state index in [9.17, 15) is 19.6 Å². The highest BCUT2D eigenvalue weighted by Gasteiger charge is 2.10. The van der Waals surface area contributed by atoms with E-state index in [2.05, 4.69) is 42.6 Å². The molecule has 1 unspecified atom stereocenters. The Kier molecular flexibility index (Phi) is 10.3. The van der Waals surface area contributed by atoms with Gasteiger partial charge in [-0.25, -0.2) is 4.39 Å². The highest BCUT2D eigenvalue weighted by atomic mass is 32.2. The molecule has 1 aromatic heterocycles. The number of halogens is 1. The zero-order valence-corrected chi connectivity index (χ0v) is 19.6. The molecule has 0 saturated carbocycles. The first-order valence-electron chi connectivity index (χ1n) is 9.82. The van der Waals surface area contributed by atoms with Crippen LogP contribution in [0.2, 0.25) is 0 Å². The van der Waals surface area contributed by atoms with Crippen molar-refractivity contribution in [2.75, 3.05) is 32.9 Å². The maximum absolute atomic E-state index is 13.0. The van der Waals surface area contributed by atoms with Gasteiger partial charge in [0.1, 0.15) is 5.82 Å². The smallest absolute Gasteiger partial charge is 0.274 e. The highest BCUT2D eigenvalue weighted by molar-refractivity contribution is 7.98. The van der Waals surface area contributed by atoms with Crippen molar-refractivity contribution in [1.82, 2.24) is 15.5 Å². The van der Waals surface area contributed by atoms with Gasteiger partial charge in [0.05, 0.1) is 11.0 Å². The van der Waals surface area contributed by atoms with Gasteiger partial charge in [0.15, 0.2) is 5.82 Å². The summed E-state index contributed by atoms with van der Waals surface area (Å²) in [5, 5.41) is 26.9. The number of benzene rings is 1. The SMILES string of the molecule is Cc1cc(CSCCNC(=C[N+](=O)[O-])NCC(O)c2ccc(F)cc2)sc1CN(C)C. The molecule has 0 radical (unpaired) electrons. The van der Waals surface area contributed by atoms with Gasteiger partial charge in [-0.3, -0.25) is 10.1 Å². The molecule has 1 atom stereocenters. The van der Waals surface area contributed by atoms with Crippen molar-refractivity contribution < 1.29 is 14.4 Å². The zero-order chi connectivity index (χ0) is 22.8. The molecule has 7 nitrogen and oxygen atoms in total. The Morgan fingerprint density at radius 1 is 1.35 bits per heavy atom. The molecule has 0 bridgehead atoms. The lowest BCUT2D eigenvalue weighted by Gasteiger charge is -2.15. The number of nitrogens with zero attached hydrogens (tertiary/aromatic N) is 2. The van der Waals surface area contributed by atoms with Crippen LogP contribution in [0, 0.1) is 22.9 Å². The largest absolute Gasteiger partial charge is 0.387 e. The molecule has 0 fully saturated rings. The standard InChI is InChI=1S/C21H29FN4O3S2/c1-15-10-18(31-20(15)12-25(2)3)14-30-9-8-23-21(13-26(28)29)24-11-19(27)16-4-6-17(22)7-5-16/h4-7,10,13,19,23-24,27H,8-9,11-12,14H2,1-3H3. The number of aliphatic hydroxyl groups excluding tert-OH is 1. The van der Waals surface area contributed by atoms with E-state index < -0.39 is 11.0 Å². The number of nitro groups is 1. The van der Waals surface area contributed by atoms with Crippen LogP contribution < -0.4 is 10.6 Å². The number of rotatable bonds is 13. The molecule has 31 heavy (non-hydrogen) atoms. The van der Waals surface area contributed by atoms with Crippen LogP contribution in [0.4, 0.5) is 4.39 Å². The first-order valence-corrected chi connectivity index (χ1v) is 11.8. The third kappa shape index (κ3) is 9.26. The van der Waals surface area contributed by atoms with Crippen molar-refractivity contribution in [1.29, 1.82) is 0 Å². The zero-order valence-electron chi connectivity index (χ0n) is 17.9. The Morgan fingerprint density at radius 2 is 2.06 bits per heavy atom. The van der Waals surface area contributed by atoms with E-state index in [-0.39, 0.29) is 18.2 Å². The highest BCUT2D eigenvalue weighted by Crippen LogP contribution is 2.26. The number of thiophene rings is 1. The lowest BCUT2D eigenvalue weighted by atomic mass is 10.1. The lowest BCUT2D eigenvalue weighted by Crippen LogP contribution is -2.31. The van der Waals surface area contributed by atoms with Gasteiger partial charge in [0.2, 0.25) is 0 Å². The van der Waals surface area contributed by atoms with Crippen LogP contribution in [0.5, 0.6) is 0 Å². The molecular formula is C21H29FN4O3S2. The Hall–Kier alpha value is -2.14. The van der Waals surface area contributed by atoms with Gasteiger partial charge in [-0.05, 0) is 50.3 Å². The molecule has 1 heterocycles. The first-order chi connectivity index (χ1) is 14.7. The Labute approximate surface area is 190 Å². The molecule has 0 aliphatic carbocycles. The van der Waals surface area contributed by atoms with E-state index in [4.69, 9.17) is 0 Å². The average molecular weight is 469 g/mol. The van der Waals surface area contributed by atoms with Gasteiger partial charge in [0.25, 0.3) is 6.20 Å². The molecule has 0 saturated heterocycles. The molecule has 0 spiro atoms. The average Bonchev–Trinajstić information content (AvgIpc) is 3.04. The molecule has 0 amide bonds. The summed E-state index contributed by atoms with van der Waals surface area (Å²) in [4.78, 5) is 15.2. The second-order valence-corrected chi connectivity index (χ2v) is 9.64. The normalized spacial score (nSPS) is 12.8. The fourth-order valence-electron chi connectivity index (χ4n) is 2.80.